The average molecular weight is 858 g/mol. The number of rotatable bonds is 13. The summed E-state index contributed by atoms with van der Waals surface area (Å²) in [4.78, 5) is 31.6. The average Bonchev–Trinajstić information content (AvgIpc) is 3.08. The standard InChI is InChI=1S/C41H53BrN2O9SSi/c1-27(42)23-33-38(45)44(28(2)25-43(33)39(46)52-40(4,5)6)34(32-24-35(49-10)29(3)36(50-11)37(32)53-54(12,47)48)26-51-55(41(7,8)9,30-19-15-13-16-20-30)31-21-17-14-18-22-31/h13-22,24-25,33-34H,1,23,26H2,2-12H3/t33-,34-/m0/s1. The third kappa shape index (κ3) is 9.65. The van der Waals surface area contributed by atoms with E-state index in [9.17, 15) is 13.2 Å². The highest BCUT2D eigenvalue weighted by Crippen LogP contribution is 2.47. The van der Waals surface area contributed by atoms with E-state index >= 15 is 4.79 Å². The molecule has 0 aliphatic carbocycles. The molecule has 0 bridgehead atoms. The van der Waals surface area contributed by atoms with Crippen molar-refractivity contribution in [2.24, 2.45) is 0 Å². The molecule has 4 rings (SSSR count). The summed E-state index contributed by atoms with van der Waals surface area (Å²) in [6.45, 7) is 18.9. The minimum atomic E-state index is -4.13. The van der Waals surface area contributed by atoms with Crippen LogP contribution < -0.4 is 24.0 Å². The molecule has 55 heavy (non-hydrogen) atoms. The van der Waals surface area contributed by atoms with Gasteiger partial charge in [-0.2, -0.15) is 8.42 Å². The van der Waals surface area contributed by atoms with Crippen molar-refractivity contribution in [2.75, 3.05) is 27.1 Å². The molecule has 1 aliphatic rings. The van der Waals surface area contributed by atoms with Crippen molar-refractivity contribution < 1.29 is 40.8 Å². The van der Waals surface area contributed by atoms with Crippen molar-refractivity contribution >= 4 is 56.7 Å². The summed E-state index contributed by atoms with van der Waals surface area (Å²) in [6, 6.07) is 19.6. The normalized spacial score (nSPS) is 16.0. The van der Waals surface area contributed by atoms with Gasteiger partial charge in [0.1, 0.15) is 17.4 Å². The van der Waals surface area contributed by atoms with E-state index in [4.69, 9.17) is 22.8 Å². The van der Waals surface area contributed by atoms with E-state index in [2.05, 4.69) is 67.5 Å². The largest absolute Gasteiger partial charge is 0.496 e. The van der Waals surface area contributed by atoms with Gasteiger partial charge in [-0.1, -0.05) is 104 Å². The molecule has 1 aliphatic heterocycles. The minimum absolute atomic E-state index is 0.0495. The molecule has 2 amide bonds. The van der Waals surface area contributed by atoms with Crippen molar-refractivity contribution in [1.82, 2.24) is 9.80 Å². The molecule has 0 radical (unpaired) electrons. The summed E-state index contributed by atoms with van der Waals surface area (Å²) in [5, 5.41) is 1.55. The summed E-state index contributed by atoms with van der Waals surface area (Å²) >= 11 is 3.41. The third-order valence-corrected chi connectivity index (χ3v) is 15.1. The Kier molecular flexibility index (Phi) is 13.4. The van der Waals surface area contributed by atoms with E-state index in [-0.39, 0.29) is 30.1 Å². The summed E-state index contributed by atoms with van der Waals surface area (Å²) in [5.74, 6) is -0.112. The highest BCUT2D eigenvalue weighted by Gasteiger charge is 2.52. The highest BCUT2D eigenvalue weighted by molar-refractivity contribution is 9.11. The quantitative estimate of drug-likeness (QED) is 0.127. The molecular weight excluding hydrogens is 805 g/mol. The summed E-state index contributed by atoms with van der Waals surface area (Å²) in [6.07, 6.45) is 1.84. The number of nitrogens with zero attached hydrogens (tertiary/aromatic N) is 2. The Balaban J connectivity index is 2.09. The van der Waals surface area contributed by atoms with Crippen molar-refractivity contribution in [3.8, 4) is 17.2 Å². The van der Waals surface area contributed by atoms with E-state index in [1.54, 1.807) is 46.9 Å². The summed E-state index contributed by atoms with van der Waals surface area (Å²) in [5.41, 5.74) is 0.271. The van der Waals surface area contributed by atoms with Gasteiger partial charge in [0.05, 0.1) is 33.1 Å². The van der Waals surface area contributed by atoms with Gasteiger partial charge in [-0.3, -0.25) is 9.69 Å². The zero-order valence-electron chi connectivity index (χ0n) is 33.6. The van der Waals surface area contributed by atoms with Crippen LogP contribution in [-0.2, 0) is 24.1 Å². The lowest BCUT2D eigenvalue weighted by Gasteiger charge is -2.46. The van der Waals surface area contributed by atoms with E-state index in [1.807, 2.05) is 36.4 Å². The molecule has 0 aromatic heterocycles. The van der Waals surface area contributed by atoms with Crippen LogP contribution in [0.4, 0.5) is 4.79 Å². The van der Waals surface area contributed by atoms with Crippen molar-refractivity contribution in [2.45, 2.75) is 84.5 Å². The second kappa shape index (κ2) is 16.9. The molecule has 3 aromatic carbocycles. The van der Waals surface area contributed by atoms with Crippen molar-refractivity contribution in [3.05, 3.63) is 101 Å². The lowest BCUT2D eigenvalue weighted by molar-refractivity contribution is -0.138. The highest BCUT2D eigenvalue weighted by atomic mass is 79.9. The van der Waals surface area contributed by atoms with Crippen LogP contribution in [-0.4, -0.2) is 77.3 Å². The monoisotopic (exact) mass is 856 g/mol. The van der Waals surface area contributed by atoms with E-state index < -0.39 is 53.2 Å². The Labute approximate surface area is 335 Å². The number of hydrogen-bond acceptors (Lipinski definition) is 9. The van der Waals surface area contributed by atoms with Gasteiger partial charge in [0.25, 0.3) is 14.2 Å². The number of methoxy groups -OCH3 is 2. The third-order valence-electron chi connectivity index (χ3n) is 9.25. The van der Waals surface area contributed by atoms with Gasteiger partial charge in [0, 0.05) is 29.4 Å². The summed E-state index contributed by atoms with van der Waals surface area (Å²) in [7, 11) is -4.50. The van der Waals surface area contributed by atoms with Gasteiger partial charge in [0.15, 0.2) is 11.5 Å². The van der Waals surface area contributed by atoms with Gasteiger partial charge in [-0.25, -0.2) is 4.79 Å². The number of ether oxygens (including phenoxy) is 3. The molecule has 11 nitrogen and oxygen atoms in total. The molecule has 0 spiro atoms. The Hall–Kier alpha value is -4.11. The number of allylic oxidation sites excluding steroid dienone is 1. The van der Waals surface area contributed by atoms with Crippen LogP contribution in [0.25, 0.3) is 0 Å². The van der Waals surface area contributed by atoms with Crippen molar-refractivity contribution in [3.63, 3.8) is 0 Å². The van der Waals surface area contributed by atoms with E-state index in [1.165, 1.54) is 24.0 Å². The Morgan fingerprint density at radius 1 is 0.927 bits per heavy atom. The first-order valence-corrected chi connectivity index (χ1v) is 22.3. The number of hydrogen-bond donors (Lipinski definition) is 0. The first kappa shape index (κ1) is 43.6. The molecule has 298 valence electrons. The number of amides is 2. The maximum Gasteiger partial charge on any atom is 0.415 e. The fraction of sp³-hybridized carbons (Fsp3) is 0.415. The second-order valence-corrected chi connectivity index (χ2v) is 22.5. The predicted molar refractivity (Wildman–Crippen MR) is 221 cm³/mol. The SMILES string of the molecule is C=C(Br)C[C@H]1C(=O)N([C@@H](CO[Si](c2ccccc2)(c2ccccc2)C(C)(C)C)c2cc(OC)c(C)c(OC)c2OS(C)(=O)=O)C(C)=CN1C(=O)OC(C)(C)C. The number of benzene rings is 3. The Morgan fingerprint density at radius 3 is 1.91 bits per heavy atom. The molecular formula is C41H53BrN2O9SSi. The Morgan fingerprint density at radius 2 is 1.47 bits per heavy atom. The zero-order chi connectivity index (χ0) is 41.1. The second-order valence-electron chi connectivity index (χ2n) is 15.5. The lowest BCUT2D eigenvalue weighted by Crippen LogP contribution is -2.67. The predicted octanol–water partition coefficient (Wildman–Crippen LogP) is 7.58. The van der Waals surface area contributed by atoms with E-state index in [0.29, 0.717) is 21.5 Å². The first-order valence-electron chi connectivity index (χ1n) is 17.8. The zero-order valence-corrected chi connectivity index (χ0v) is 37.0. The molecule has 2 atom stereocenters. The molecule has 0 saturated heterocycles. The first-order chi connectivity index (χ1) is 25.6. The fourth-order valence-electron chi connectivity index (χ4n) is 7.04. The Bertz CT molecular complexity index is 1990. The molecule has 14 heteroatoms. The van der Waals surface area contributed by atoms with E-state index in [0.717, 1.165) is 16.6 Å². The van der Waals surface area contributed by atoms with Crippen LogP contribution in [0.5, 0.6) is 17.2 Å². The summed E-state index contributed by atoms with van der Waals surface area (Å²) < 4.78 is 56.9. The fourth-order valence-corrected chi connectivity index (χ4v) is 12.4. The van der Waals surface area contributed by atoms with Gasteiger partial charge in [-0.05, 0) is 60.6 Å². The number of carbonyl (C=O) groups excluding carboxylic acids is 2. The van der Waals surface area contributed by atoms with Crippen LogP contribution in [0.2, 0.25) is 5.04 Å². The van der Waals surface area contributed by atoms with Gasteiger partial charge >= 0.3 is 16.2 Å². The topological polar surface area (TPSA) is 121 Å². The molecule has 0 unspecified atom stereocenters. The lowest BCUT2D eigenvalue weighted by atomic mass is 9.97. The molecule has 3 aromatic rings. The molecule has 0 N–H and O–H groups in total. The van der Waals surface area contributed by atoms with Crippen LogP contribution in [0.3, 0.4) is 0 Å². The van der Waals surface area contributed by atoms with Crippen molar-refractivity contribution in [1.29, 1.82) is 0 Å². The number of carbonyl (C=O) groups is 2. The maximum atomic E-state index is 15.1. The van der Waals surface area contributed by atoms with Crippen LogP contribution in [0.15, 0.2) is 89.7 Å². The van der Waals surface area contributed by atoms with Gasteiger partial charge < -0.3 is 27.7 Å². The minimum Gasteiger partial charge on any atom is -0.496 e. The van der Waals surface area contributed by atoms with Crippen LogP contribution in [0, 0.1) is 6.92 Å². The van der Waals surface area contributed by atoms with Crippen LogP contribution >= 0.6 is 15.9 Å². The van der Waals surface area contributed by atoms with Gasteiger partial charge in [0.2, 0.25) is 0 Å². The molecule has 0 saturated carbocycles. The van der Waals surface area contributed by atoms with Gasteiger partial charge in [-0.15, -0.1) is 0 Å². The maximum absolute atomic E-state index is 15.1. The van der Waals surface area contributed by atoms with Crippen LogP contribution in [0.1, 0.15) is 72.1 Å². The number of halogens is 1. The smallest absolute Gasteiger partial charge is 0.415 e. The molecule has 0 fully saturated rings. The molecule has 1 heterocycles.